The van der Waals surface area contributed by atoms with Gasteiger partial charge < -0.3 is 15.0 Å². The Balaban J connectivity index is 1.18. The van der Waals surface area contributed by atoms with Gasteiger partial charge in [-0.05, 0) is 69.3 Å². The molecule has 0 bridgehead atoms. The Morgan fingerprint density at radius 1 is 0.979 bits per heavy atom. The zero-order valence-corrected chi connectivity index (χ0v) is 28.7. The fourth-order valence-corrected chi connectivity index (χ4v) is 6.43. The lowest BCUT2D eigenvalue weighted by Crippen LogP contribution is -2.55. The van der Waals surface area contributed by atoms with Crippen molar-refractivity contribution < 1.29 is 9.53 Å². The van der Waals surface area contributed by atoms with E-state index in [1.807, 2.05) is 62.5 Å². The number of pyridine rings is 1. The number of likely N-dealkylation sites (N-methyl/N-ethyl adjacent to an activating group) is 2. The lowest BCUT2D eigenvalue weighted by atomic mass is 9.85. The van der Waals surface area contributed by atoms with Gasteiger partial charge in [0.15, 0.2) is 0 Å². The molecular weight excluding hydrogens is 602 g/mol. The Kier molecular flexibility index (Phi) is 9.26. The van der Waals surface area contributed by atoms with Gasteiger partial charge in [-0.1, -0.05) is 62.7 Å². The third kappa shape index (κ3) is 7.07. The first-order valence-corrected chi connectivity index (χ1v) is 16.6. The van der Waals surface area contributed by atoms with E-state index in [1.165, 1.54) is 0 Å². The van der Waals surface area contributed by atoms with Crippen molar-refractivity contribution in [3.8, 4) is 11.4 Å². The summed E-state index contributed by atoms with van der Waals surface area (Å²) in [5.74, 6) is 1.57. The highest BCUT2D eigenvalue weighted by atomic mass is 16.5. The fraction of sp³-hybridized carbons (Fsp3) is 0.405. The molecule has 2 aromatic carbocycles. The molecule has 0 spiro atoms. The van der Waals surface area contributed by atoms with Crippen LogP contribution in [0.1, 0.15) is 68.1 Å². The number of amides is 2. The summed E-state index contributed by atoms with van der Waals surface area (Å²) < 4.78 is 9.96. The third-order valence-electron chi connectivity index (χ3n) is 9.37. The highest BCUT2D eigenvalue weighted by Gasteiger charge is 2.31. The molecule has 2 amide bonds. The topological polar surface area (TPSA) is 127 Å². The van der Waals surface area contributed by atoms with Crippen LogP contribution in [-0.2, 0) is 5.41 Å². The average molecular weight is 650 g/mol. The number of aromatic nitrogens is 3. The van der Waals surface area contributed by atoms with E-state index in [2.05, 4.69) is 54.3 Å². The minimum absolute atomic E-state index is 0.114. The number of benzene rings is 2. The molecule has 4 N–H and O–H groups in total. The van der Waals surface area contributed by atoms with Crippen LogP contribution >= 0.6 is 0 Å². The number of hydrogen-bond donors (Lipinski definition) is 4. The van der Waals surface area contributed by atoms with E-state index in [4.69, 9.17) is 20.7 Å². The maximum Gasteiger partial charge on any atom is 0.320 e. The Morgan fingerprint density at radius 2 is 1.71 bits per heavy atom. The highest BCUT2D eigenvalue weighted by Crippen LogP contribution is 2.39. The van der Waals surface area contributed by atoms with Gasteiger partial charge >= 0.3 is 6.03 Å². The van der Waals surface area contributed by atoms with Gasteiger partial charge in [0, 0.05) is 31.1 Å². The standard InChI is InChI=1S/C37H47N9O2/c1-24-11-13-25(14-12-24)46-34(21-32(42-46)37(2,3)4)41-36(47)40-29-16-17-31(28-10-8-7-9-27(28)29)48-26-15-18-33(38)45(22-26)35(39)30-23-43(5)19-20-44(30)6/h7-15,18,21-22,29-31,38-39H,16-17,19-20,23H2,1-6H3,(H2,40,41,47)/t29-,30?,31+/m0/s1. The lowest BCUT2D eigenvalue weighted by Gasteiger charge is -2.38. The largest absolute Gasteiger partial charge is 0.484 e. The van der Waals surface area contributed by atoms with Gasteiger partial charge in [0.05, 0.1) is 29.7 Å². The first-order valence-electron chi connectivity index (χ1n) is 16.6. The van der Waals surface area contributed by atoms with E-state index in [0.29, 0.717) is 30.2 Å². The number of ether oxygens (including phenoxy) is 1. The van der Waals surface area contributed by atoms with E-state index in [9.17, 15) is 4.79 Å². The zero-order chi connectivity index (χ0) is 34.2. The monoisotopic (exact) mass is 649 g/mol. The summed E-state index contributed by atoms with van der Waals surface area (Å²) in [4.78, 5) is 17.9. The summed E-state index contributed by atoms with van der Waals surface area (Å²) in [6, 6.07) is 21.0. The third-order valence-corrected chi connectivity index (χ3v) is 9.37. The maximum absolute atomic E-state index is 13.5. The molecule has 4 aromatic rings. The van der Waals surface area contributed by atoms with Crippen LogP contribution in [0.4, 0.5) is 10.6 Å². The first kappa shape index (κ1) is 33.2. The van der Waals surface area contributed by atoms with Crippen LogP contribution in [0, 0.1) is 17.7 Å². The number of carbonyl (C=O) groups is 1. The minimum atomic E-state index is -0.299. The fourth-order valence-electron chi connectivity index (χ4n) is 6.43. The second-order valence-corrected chi connectivity index (χ2v) is 14.1. The molecule has 6 rings (SSSR count). The Morgan fingerprint density at radius 3 is 2.44 bits per heavy atom. The second-order valence-electron chi connectivity index (χ2n) is 14.1. The molecule has 1 unspecified atom stereocenters. The van der Waals surface area contributed by atoms with Crippen LogP contribution in [0.25, 0.3) is 5.69 Å². The molecule has 1 aliphatic heterocycles. The molecule has 11 nitrogen and oxygen atoms in total. The van der Waals surface area contributed by atoms with Crippen molar-refractivity contribution in [1.29, 1.82) is 10.8 Å². The Bertz CT molecular complexity index is 1850. The Hall–Kier alpha value is -4.74. The molecule has 11 heteroatoms. The molecule has 252 valence electrons. The van der Waals surface area contributed by atoms with Gasteiger partial charge in [0.25, 0.3) is 0 Å². The Labute approximate surface area is 282 Å². The summed E-state index contributed by atoms with van der Waals surface area (Å²) in [5, 5.41) is 28.6. The van der Waals surface area contributed by atoms with Crippen LogP contribution in [0.3, 0.4) is 0 Å². The van der Waals surface area contributed by atoms with E-state index in [1.54, 1.807) is 27.6 Å². The molecule has 1 fully saturated rings. The van der Waals surface area contributed by atoms with E-state index >= 15 is 0 Å². The number of fused-ring (bicyclic) bond motifs is 1. The second kappa shape index (κ2) is 13.4. The number of urea groups is 1. The zero-order valence-electron chi connectivity index (χ0n) is 28.7. The summed E-state index contributed by atoms with van der Waals surface area (Å²) in [7, 11) is 4.09. The first-order chi connectivity index (χ1) is 22.9. The van der Waals surface area contributed by atoms with Crippen LogP contribution in [-0.4, -0.2) is 75.8 Å². The smallest absolute Gasteiger partial charge is 0.320 e. The number of nitrogens with zero attached hydrogens (tertiary/aromatic N) is 5. The lowest BCUT2D eigenvalue weighted by molar-refractivity contribution is 0.148. The van der Waals surface area contributed by atoms with Gasteiger partial charge in [0.2, 0.25) is 0 Å². The van der Waals surface area contributed by atoms with Crippen molar-refractivity contribution in [2.45, 2.75) is 64.1 Å². The predicted molar refractivity (Wildman–Crippen MR) is 188 cm³/mol. The molecule has 2 aliphatic rings. The molecule has 3 heterocycles. The van der Waals surface area contributed by atoms with Crippen LogP contribution < -0.4 is 20.9 Å². The molecule has 48 heavy (non-hydrogen) atoms. The number of rotatable bonds is 6. The van der Waals surface area contributed by atoms with E-state index < -0.39 is 0 Å². The minimum Gasteiger partial charge on any atom is -0.484 e. The predicted octanol–water partition coefficient (Wildman–Crippen LogP) is 5.61. The van der Waals surface area contributed by atoms with Gasteiger partial charge in [-0.2, -0.15) is 5.10 Å². The molecule has 2 aromatic heterocycles. The van der Waals surface area contributed by atoms with Crippen molar-refractivity contribution >= 4 is 17.7 Å². The normalized spacial score (nSPS) is 20.2. The van der Waals surface area contributed by atoms with E-state index in [0.717, 1.165) is 47.7 Å². The van der Waals surface area contributed by atoms with Gasteiger partial charge in [-0.3, -0.25) is 25.6 Å². The molecule has 0 saturated carbocycles. The molecule has 1 aliphatic carbocycles. The quantitative estimate of drug-likeness (QED) is 0.160. The summed E-state index contributed by atoms with van der Waals surface area (Å²) in [6.07, 6.45) is 2.90. The number of nitrogens with one attached hydrogen (secondary N) is 4. The van der Waals surface area contributed by atoms with Crippen molar-refractivity contribution in [2.75, 3.05) is 39.0 Å². The molecule has 0 radical (unpaired) electrons. The van der Waals surface area contributed by atoms with Gasteiger partial charge in [-0.25, -0.2) is 9.48 Å². The summed E-state index contributed by atoms with van der Waals surface area (Å²) >= 11 is 0. The molecule has 1 saturated heterocycles. The van der Waals surface area contributed by atoms with Crippen LogP contribution in [0.15, 0.2) is 72.9 Å². The van der Waals surface area contributed by atoms with Gasteiger partial charge in [-0.15, -0.1) is 0 Å². The SMILES string of the molecule is Cc1ccc(-n2nc(C(C)(C)C)cc2NC(=O)N[C@H]2CC[C@@H](Oc3ccc(=N)n(C(=N)C4CN(C)CCN4C)c3)c3ccccc32)cc1. The van der Waals surface area contributed by atoms with Crippen molar-refractivity contribution in [3.63, 3.8) is 0 Å². The van der Waals surface area contributed by atoms with Gasteiger partial charge in [0.1, 0.15) is 29.0 Å². The number of piperazine rings is 1. The van der Waals surface area contributed by atoms with Crippen molar-refractivity contribution in [1.82, 2.24) is 29.5 Å². The van der Waals surface area contributed by atoms with Crippen molar-refractivity contribution in [2.24, 2.45) is 0 Å². The number of aryl methyl sites for hydroxylation is 1. The average Bonchev–Trinajstić information content (AvgIpc) is 3.48. The highest BCUT2D eigenvalue weighted by molar-refractivity contribution is 5.89. The van der Waals surface area contributed by atoms with Crippen LogP contribution in [0.2, 0.25) is 0 Å². The van der Waals surface area contributed by atoms with E-state index in [-0.39, 0.29) is 35.1 Å². The van der Waals surface area contributed by atoms with Crippen molar-refractivity contribution in [3.05, 3.63) is 101 Å². The molecular formula is C37H47N9O2. The molecule has 3 atom stereocenters. The van der Waals surface area contributed by atoms with Crippen LogP contribution in [0.5, 0.6) is 5.75 Å². The number of carbonyl (C=O) groups excluding carboxylic acids is 1. The number of hydrogen-bond acceptors (Lipinski definition) is 7. The maximum atomic E-state index is 13.5. The summed E-state index contributed by atoms with van der Waals surface area (Å²) in [5.41, 5.74) is 4.99. The number of anilines is 1. The summed E-state index contributed by atoms with van der Waals surface area (Å²) in [6.45, 7) is 10.9.